The predicted octanol–water partition coefficient (Wildman–Crippen LogP) is -1.45. The predicted molar refractivity (Wildman–Crippen MR) is 106 cm³/mol. The zero-order valence-corrected chi connectivity index (χ0v) is 15.8. The van der Waals surface area contributed by atoms with Gasteiger partial charge >= 0.3 is 49.8 Å². The molecule has 0 unspecified atom stereocenters. The number of ether oxygens (including phenoxy) is 1. The van der Waals surface area contributed by atoms with E-state index in [0.29, 0.717) is 0 Å². The van der Waals surface area contributed by atoms with E-state index in [1.165, 1.54) is 31.2 Å². The number of oxime groups is 1. The van der Waals surface area contributed by atoms with Crippen molar-refractivity contribution in [2.45, 2.75) is 11.4 Å². The van der Waals surface area contributed by atoms with Crippen LogP contribution in [0.15, 0.2) is 39.2 Å². The summed E-state index contributed by atoms with van der Waals surface area (Å²) in [4.78, 5) is 53.3. The van der Waals surface area contributed by atoms with Gasteiger partial charge in [0.2, 0.25) is 5.71 Å². The molecule has 14 heteroatoms. The number of nitrogens with zero attached hydrogens (tertiary/aromatic N) is 2. The summed E-state index contributed by atoms with van der Waals surface area (Å²) in [5.41, 5.74) is 4.68. The van der Waals surface area contributed by atoms with E-state index >= 15 is 0 Å². The van der Waals surface area contributed by atoms with Gasteiger partial charge in [0.25, 0.3) is 11.8 Å². The van der Waals surface area contributed by atoms with Crippen molar-refractivity contribution in [2.75, 3.05) is 19.5 Å². The van der Waals surface area contributed by atoms with Crippen LogP contribution in [-0.4, -0.2) is 108 Å². The summed E-state index contributed by atoms with van der Waals surface area (Å²) in [5.74, 6) is -2.38. The summed E-state index contributed by atoms with van der Waals surface area (Å²) in [5, 5.41) is 15.0. The number of carboxylic acid groups (broad SMARTS) is 1. The number of primary amides is 1. The fraction of sp³-hybridized carbons (Fsp3) is 0.312. The van der Waals surface area contributed by atoms with Crippen LogP contribution in [0.1, 0.15) is 5.76 Å². The molecule has 1 aromatic heterocycles. The monoisotopic (exact) mass is 466 g/mol. The molecule has 0 aromatic carbocycles. The summed E-state index contributed by atoms with van der Waals surface area (Å²) >= 11 is 1.21. The Bertz CT molecular complexity index is 916. The molecule has 2 atom stereocenters. The summed E-state index contributed by atoms with van der Waals surface area (Å²) in [6.07, 6.45) is 0.290. The molecule has 1 aromatic rings. The fourth-order valence-electron chi connectivity index (χ4n) is 2.87. The van der Waals surface area contributed by atoms with Crippen LogP contribution in [0.25, 0.3) is 0 Å². The molecule has 3 heterocycles. The number of carbonyl (C=O) groups is 4. The Balaban J connectivity index is 0.00000320. The second-order valence-electron chi connectivity index (χ2n) is 5.83. The van der Waals surface area contributed by atoms with E-state index in [9.17, 15) is 24.3 Å². The Labute approximate surface area is 203 Å². The van der Waals surface area contributed by atoms with Crippen molar-refractivity contribution in [3.8, 4) is 0 Å². The molecule has 12 nitrogen and oxygen atoms in total. The molecule has 0 aliphatic carbocycles. The molecule has 3 amide bonds. The Morgan fingerprint density at radius 1 is 1.47 bits per heavy atom. The number of rotatable bonds is 7. The van der Waals surface area contributed by atoms with Crippen LogP contribution < -0.4 is 11.1 Å². The average molecular weight is 466 g/mol. The minimum atomic E-state index is -1.35. The van der Waals surface area contributed by atoms with E-state index in [0.717, 1.165) is 4.90 Å². The van der Waals surface area contributed by atoms with Crippen LogP contribution in [0.4, 0.5) is 4.79 Å². The molecular formula is C16H18CaN4O8S. The number of hydrogen-bond acceptors (Lipinski definition) is 9. The van der Waals surface area contributed by atoms with Gasteiger partial charge in [-0.25, -0.2) is 9.59 Å². The third-order valence-corrected chi connectivity index (χ3v) is 5.42. The maximum atomic E-state index is 12.6. The van der Waals surface area contributed by atoms with E-state index in [1.54, 1.807) is 6.07 Å². The number of β-lactam (4-membered cyclic amide) rings is 1. The number of nitrogens with two attached hydrogens (primary N) is 1. The van der Waals surface area contributed by atoms with Gasteiger partial charge in [0.1, 0.15) is 30.8 Å². The number of nitrogens with one attached hydrogen (secondary N) is 1. The first-order valence-corrected chi connectivity index (χ1v) is 9.18. The van der Waals surface area contributed by atoms with Gasteiger partial charge in [0.15, 0.2) is 5.76 Å². The normalized spacial score (nSPS) is 20.5. The van der Waals surface area contributed by atoms with Crippen LogP contribution in [0, 0.1) is 0 Å². The SMILES string of the molecule is CON=C(C(=O)N[C@@H]1C(=O)N2C(C(=O)O)=C(COC(N)=O)CS[C@H]12)c1ccco1.[CaH2]. The molecule has 0 spiro atoms. The van der Waals surface area contributed by atoms with Gasteiger partial charge in [-0.1, -0.05) is 5.16 Å². The van der Waals surface area contributed by atoms with Crippen molar-refractivity contribution in [2.24, 2.45) is 10.9 Å². The third kappa shape index (κ3) is 4.74. The zero-order chi connectivity index (χ0) is 21.1. The van der Waals surface area contributed by atoms with E-state index < -0.39 is 35.3 Å². The summed E-state index contributed by atoms with van der Waals surface area (Å²) in [6.45, 7) is -0.347. The van der Waals surface area contributed by atoms with Gasteiger partial charge < -0.3 is 30.1 Å². The number of thioether (sulfide) groups is 1. The molecule has 158 valence electrons. The van der Waals surface area contributed by atoms with Gasteiger partial charge in [-0.2, -0.15) is 0 Å². The molecule has 1 fully saturated rings. The van der Waals surface area contributed by atoms with Crippen LogP contribution >= 0.6 is 11.8 Å². The summed E-state index contributed by atoms with van der Waals surface area (Å²) in [6, 6.07) is 2.08. The number of furan rings is 1. The quantitative estimate of drug-likeness (QED) is 0.188. The fourth-order valence-corrected chi connectivity index (χ4v) is 4.19. The Morgan fingerprint density at radius 3 is 2.77 bits per heavy atom. The standard InChI is InChI=1S/C16H16N4O8S.Ca.2H/c1-26-19-9(8-3-2-4-27-8)12(21)18-10-13(22)20-11(15(23)24)7(5-28-16(17)25)6-29-14(10)20;;;/h2-4,10,14H,5-6H2,1H3,(H2,17,25)(H,18,21)(H,23,24);;;/t10-,14-;;;/m1.../s1. The molecule has 2 aliphatic rings. The summed E-state index contributed by atoms with van der Waals surface area (Å²) in [7, 11) is 1.25. The molecular weight excluding hydrogens is 448 g/mol. The van der Waals surface area contributed by atoms with Crippen LogP contribution in [-0.2, 0) is 24.0 Å². The Kier molecular flexibility index (Phi) is 8.17. The first-order valence-electron chi connectivity index (χ1n) is 8.13. The second kappa shape index (κ2) is 10.2. The average Bonchev–Trinajstić information content (AvgIpc) is 3.21. The van der Waals surface area contributed by atoms with E-state index in [1.807, 2.05) is 0 Å². The van der Waals surface area contributed by atoms with Crippen LogP contribution in [0.2, 0.25) is 0 Å². The minimum absolute atomic E-state index is 0. The van der Waals surface area contributed by atoms with Gasteiger partial charge in [-0.15, -0.1) is 11.8 Å². The Morgan fingerprint density at radius 2 is 2.20 bits per heavy atom. The van der Waals surface area contributed by atoms with Crippen molar-refractivity contribution in [1.29, 1.82) is 0 Å². The topological polar surface area (TPSA) is 174 Å². The maximum absolute atomic E-state index is 12.6. The molecule has 0 radical (unpaired) electrons. The van der Waals surface area contributed by atoms with Gasteiger partial charge in [0.05, 0.1) is 6.26 Å². The Hall–Kier alpha value is -2.22. The third-order valence-electron chi connectivity index (χ3n) is 4.08. The first kappa shape index (κ1) is 24.1. The number of carboxylic acids is 1. The first-order chi connectivity index (χ1) is 13.8. The molecule has 4 N–H and O–H groups in total. The molecule has 2 aliphatic heterocycles. The van der Waals surface area contributed by atoms with Crippen molar-refractivity contribution in [3.63, 3.8) is 0 Å². The summed E-state index contributed by atoms with van der Waals surface area (Å²) < 4.78 is 9.79. The van der Waals surface area contributed by atoms with Gasteiger partial charge in [0, 0.05) is 11.3 Å². The van der Waals surface area contributed by atoms with Crippen LogP contribution in [0.3, 0.4) is 0 Å². The van der Waals surface area contributed by atoms with Gasteiger partial charge in [-0.3, -0.25) is 14.5 Å². The number of aliphatic carboxylic acids is 1. The molecule has 0 saturated carbocycles. The molecule has 0 bridgehead atoms. The molecule has 1 saturated heterocycles. The van der Waals surface area contributed by atoms with E-state index in [-0.39, 0.29) is 72.8 Å². The molecule has 30 heavy (non-hydrogen) atoms. The second-order valence-corrected chi connectivity index (χ2v) is 6.93. The van der Waals surface area contributed by atoms with Crippen molar-refractivity contribution in [3.05, 3.63) is 35.4 Å². The van der Waals surface area contributed by atoms with Gasteiger partial charge in [-0.05, 0) is 12.1 Å². The van der Waals surface area contributed by atoms with Crippen molar-refractivity contribution < 1.29 is 38.3 Å². The number of carbonyl (C=O) groups excluding carboxylic acids is 3. The van der Waals surface area contributed by atoms with Crippen molar-refractivity contribution in [1.82, 2.24) is 10.2 Å². The van der Waals surface area contributed by atoms with E-state index in [2.05, 4.69) is 20.0 Å². The molecule has 3 rings (SSSR count). The van der Waals surface area contributed by atoms with Crippen molar-refractivity contribution >= 4 is 79.1 Å². The number of hydrogen-bond donors (Lipinski definition) is 3. The zero-order valence-electron chi connectivity index (χ0n) is 15.0. The van der Waals surface area contributed by atoms with Crippen LogP contribution in [0.5, 0.6) is 0 Å². The number of fused-ring (bicyclic) bond motifs is 1. The number of amides is 3. The van der Waals surface area contributed by atoms with E-state index in [4.69, 9.17) is 10.2 Å².